The normalized spacial score (nSPS) is 16.5. The average Bonchev–Trinajstić information content (AvgIpc) is 2.51. The molecule has 0 bridgehead atoms. The molecule has 132 valence electrons. The molecule has 0 aromatic carbocycles. The molecule has 0 aromatic heterocycles. The molecule has 0 aliphatic rings. The molecule has 0 aliphatic heterocycles. The Morgan fingerprint density at radius 2 is 1.50 bits per heavy atom. The van der Waals surface area contributed by atoms with E-state index in [0.29, 0.717) is 0 Å². The summed E-state index contributed by atoms with van der Waals surface area (Å²) in [7, 11) is 0. The maximum Gasteiger partial charge on any atom is 0.128 e. The van der Waals surface area contributed by atoms with Crippen molar-refractivity contribution in [2.24, 2.45) is 11.7 Å². The molecule has 1 unspecified atom stereocenters. The van der Waals surface area contributed by atoms with Crippen LogP contribution in [0, 0.1) is 5.92 Å². The maximum atomic E-state index is 9.75. The van der Waals surface area contributed by atoms with Crippen LogP contribution >= 0.6 is 0 Å². The molecule has 0 fully saturated rings. The Morgan fingerprint density at radius 1 is 1.00 bits per heavy atom. The quantitative estimate of drug-likeness (QED) is 0.291. The summed E-state index contributed by atoms with van der Waals surface area (Å²) in [6.07, 6.45) is 13.2. The van der Waals surface area contributed by atoms with Crippen molar-refractivity contribution in [1.82, 2.24) is 0 Å². The zero-order valence-corrected chi connectivity index (χ0v) is 14.5. The molecule has 0 amide bonds. The van der Waals surface area contributed by atoms with Crippen molar-refractivity contribution in [2.75, 3.05) is 6.61 Å². The number of allylic oxidation sites excluding steroid dienone is 1. The Labute approximate surface area is 136 Å². The Hall–Kier alpha value is -0.580. The Bertz CT molecular complexity index is 282. The molecular formula is C18H37NO3. The van der Waals surface area contributed by atoms with E-state index in [-0.39, 0.29) is 18.3 Å². The van der Waals surface area contributed by atoms with Crippen molar-refractivity contribution in [3.63, 3.8) is 0 Å². The standard InChI is InChI=1S/C18H37NO3/c1-3-4-5-6-7-8-9-10-11-12-15(2)13-17(21)18(22)16(19)14-20/h13,15-16,18,20-22H,3-12,14,19H2,1-2H3/b17-13+/t15?,16-,18-/m0/s1. The van der Waals surface area contributed by atoms with Crippen molar-refractivity contribution in [3.05, 3.63) is 11.8 Å². The van der Waals surface area contributed by atoms with Crippen LogP contribution in [0.2, 0.25) is 0 Å². The molecule has 0 aliphatic carbocycles. The van der Waals surface area contributed by atoms with Gasteiger partial charge in [0, 0.05) is 0 Å². The fraction of sp³-hybridized carbons (Fsp3) is 0.889. The molecule has 4 heteroatoms. The minimum atomic E-state index is -1.17. The third-order valence-corrected chi connectivity index (χ3v) is 4.14. The van der Waals surface area contributed by atoms with Crippen LogP contribution in [-0.4, -0.2) is 34.1 Å². The Kier molecular flexibility index (Phi) is 13.7. The highest BCUT2D eigenvalue weighted by molar-refractivity contribution is 5.03. The molecule has 22 heavy (non-hydrogen) atoms. The van der Waals surface area contributed by atoms with Gasteiger partial charge >= 0.3 is 0 Å². The van der Waals surface area contributed by atoms with E-state index in [9.17, 15) is 10.2 Å². The first-order valence-electron chi connectivity index (χ1n) is 8.98. The van der Waals surface area contributed by atoms with Gasteiger partial charge in [0.25, 0.3) is 0 Å². The number of aliphatic hydroxyl groups is 3. The number of hydrogen-bond donors (Lipinski definition) is 4. The number of aliphatic hydroxyl groups excluding tert-OH is 3. The summed E-state index contributed by atoms with van der Waals surface area (Å²) in [5.74, 6) is 0.0927. The van der Waals surface area contributed by atoms with Crippen LogP contribution in [0.4, 0.5) is 0 Å². The molecular weight excluding hydrogens is 278 g/mol. The van der Waals surface area contributed by atoms with Crippen molar-refractivity contribution >= 4 is 0 Å². The van der Waals surface area contributed by atoms with Crippen molar-refractivity contribution in [3.8, 4) is 0 Å². The zero-order chi connectivity index (χ0) is 16.8. The van der Waals surface area contributed by atoms with E-state index in [0.717, 1.165) is 12.8 Å². The molecule has 0 aromatic rings. The van der Waals surface area contributed by atoms with Crippen LogP contribution in [0.3, 0.4) is 0 Å². The third-order valence-electron chi connectivity index (χ3n) is 4.14. The zero-order valence-electron chi connectivity index (χ0n) is 14.5. The van der Waals surface area contributed by atoms with Crippen molar-refractivity contribution in [1.29, 1.82) is 0 Å². The molecule has 0 heterocycles. The van der Waals surface area contributed by atoms with Crippen molar-refractivity contribution < 1.29 is 15.3 Å². The largest absolute Gasteiger partial charge is 0.510 e. The van der Waals surface area contributed by atoms with E-state index in [1.807, 2.05) is 6.92 Å². The van der Waals surface area contributed by atoms with Gasteiger partial charge in [-0.3, -0.25) is 0 Å². The minimum absolute atomic E-state index is 0.120. The first-order valence-corrected chi connectivity index (χ1v) is 8.98. The van der Waals surface area contributed by atoms with E-state index < -0.39 is 12.1 Å². The predicted octanol–water partition coefficient (Wildman–Crippen LogP) is 3.67. The number of rotatable bonds is 14. The summed E-state index contributed by atoms with van der Waals surface area (Å²) in [5.41, 5.74) is 5.49. The summed E-state index contributed by atoms with van der Waals surface area (Å²) in [6, 6.07) is -0.823. The second kappa shape index (κ2) is 14.0. The van der Waals surface area contributed by atoms with Gasteiger partial charge in [-0.2, -0.15) is 0 Å². The molecule has 0 radical (unpaired) electrons. The van der Waals surface area contributed by atoms with Crippen LogP contribution in [0.25, 0.3) is 0 Å². The Morgan fingerprint density at radius 3 is 2.00 bits per heavy atom. The van der Waals surface area contributed by atoms with Gasteiger partial charge in [0.1, 0.15) is 11.9 Å². The molecule has 0 saturated heterocycles. The van der Waals surface area contributed by atoms with Crippen LogP contribution in [0.1, 0.15) is 78.1 Å². The smallest absolute Gasteiger partial charge is 0.128 e. The second-order valence-corrected chi connectivity index (χ2v) is 6.48. The number of unbranched alkanes of at least 4 members (excludes halogenated alkanes) is 8. The maximum absolute atomic E-state index is 9.75. The molecule has 4 nitrogen and oxygen atoms in total. The van der Waals surface area contributed by atoms with E-state index >= 15 is 0 Å². The predicted molar refractivity (Wildman–Crippen MR) is 92.8 cm³/mol. The van der Waals surface area contributed by atoms with Gasteiger partial charge in [0.2, 0.25) is 0 Å². The molecule has 3 atom stereocenters. The Balaban J connectivity index is 3.66. The number of nitrogens with two attached hydrogens (primary N) is 1. The van der Waals surface area contributed by atoms with Crippen LogP contribution in [-0.2, 0) is 0 Å². The van der Waals surface area contributed by atoms with E-state index in [2.05, 4.69) is 6.92 Å². The molecule has 0 spiro atoms. The van der Waals surface area contributed by atoms with Crippen LogP contribution in [0.15, 0.2) is 11.8 Å². The summed E-state index contributed by atoms with van der Waals surface area (Å²) in [6.45, 7) is 3.92. The first kappa shape index (κ1) is 21.4. The lowest BCUT2D eigenvalue weighted by atomic mass is 9.99. The SMILES string of the molecule is CCCCCCCCCCCC(C)/C=C(/O)[C@@H](O)[C@@H](N)CO. The fourth-order valence-electron chi connectivity index (χ4n) is 2.57. The second-order valence-electron chi connectivity index (χ2n) is 6.48. The lowest BCUT2D eigenvalue weighted by Crippen LogP contribution is -2.39. The molecule has 0 saturated carbocycles. The summed E-state index contributed by atoms with van der Waals surface area (Å²) in [4.78, 5) is 0. The highest BCUT2D eigenvalue weighted by Gasteiger charge is 2.18. The first-order chi connectivity index (χ1) is 10.5. The van der Waals surface area contributed by atoms with Gasteiger partial charge in [0.05, 0.1) is 12.6 Å². The average molecular weight is 315 g/mol. The van der Waals surface area contributed by atoms with Crippen molar-refractivity contribution in [2.45, 2.75) is 90.2 Å². The topological polar surface area (TPSA) is 86.7 Å². The van der Waals surface area contributed by atoms with E-state index in [1.54, 1.807) is 6.08 Å². The number of hydrogen-bond acceptors (Lipinski definition) is 4. The highest BCUT2D eigenvalue weighted by Crippen LogP contribution is 2.16. The van der Waals surface area contributed by atoms with E-state index in [1.165, 1.54) is 51.4 Å². The van der Waals surface area contributed by atoms with Gasteiger partial charge in [0.15, 0.2) is 0 Å². The van der Waals surface area contributed by atoms with E-state index in [4.69, 9.17) is 10.8 Å². The lowest BCUT2D eigenvalue weighted by molar-refractivity contribution is 0.0977. The van der Waals surface area contributed by atoms with Crippen LogP contribution in [0.5, 0.6) is 0 Å². The van der Waals surface area contributed by atoms with Gasteiger partial charge in [-0.25, -0.2) is 0 Å². The highest BCUT2D eigenvalue weighted by atomic mass is 16.3. The van der Waals surface area contributed by atoms with Gasteiger partial charge in [-0.1, -0.05) is 71.6 Å². The summed E-state index contributed by atoms with van der Waals surface area (Å²) < 4.78 is 0. The fourth-order valence-corrected chi connectivity index (χ4v) is 2.57. The third kappa shape index (κ3) is 11.0. The minimum Gasteiger partial charge on any atom is -0.510 e. The summed E-state index contributed by atoms with van der Waals surface area (Å²) in [5, 5.41) is 28.3. The van der Waals surface area contributed by atoms with Gasteiger partial charge in [-0.15, -0.1) is 0 Å². The van der Waals surface area contributed by atoms with Crippen LogP contribution < -0.4 is 5.73 Å². The molecule has 0 rings (SSSR count). The van der Waals surface area contributed by atoms with Gasteiger partial charge in [-0.05, 0) is 18.4 Å². The summed E-state index contributed by atoms with van der Waals surface area (Å²) >= 11 is 0. The monoisotopic (exact) mass is 315 g/mol. The lowest BCUT2D eigenvalue weighted by Gasteiger charge is -2.17. The molecule has 5 N–H and O–H groups in total. The van der Waals surface area contributed by atoms with Gasteiger partial charge < -0.3 is 21.1 Å².